The van der Waals surface area contributed by atoms with Gasteiger partial charge >= 0.3 is 12.1 Å². The molecule has 1 heterocycles. The second-order valence-corrected chi connectivity index (χ2v) is 7.60. The van der Waals surface area contributed by atoms with Crippen molar-refractivity contribution in [3.63, 3.8) is 0 Å². The minimum absolute atomic E-state index is 0.00760. The molecule has 0 aromatic heterocycles. The van der Waals surface area contributed by atoms with Crippen molar-refractivity contribution in [1.29, 1.82) is 0 Å². The van der Waals surface area contributed by atoms with Crippen LogP contribution in [0, 0.1) is 5.92 Å². The van der Waals surface area contributed by atoms with E-state index in [1.807, 2.05) is 29.5 Å². The molecule has 0 aromatic carbocycles. The minimum Gasteiger partial charge on any atom is -0.454 e. The van der Waals surface area contributed by atoms with Crippen molar-refractivity contribution in [2.24, 2.45) is 5.92 Å². The van der Waals surface area contributed by atoms with Gasteiger partial charge in [-0.1, -0.05) is 60.4 Å². The Bertz CT molecular complexity index is 664. The number of aliphatic hydroxyl groups is 3. The van der Waals surface area contributed by atoms with Crippen LogP contribution in [-0.4, -0.2) is 64.4 Å². The molecule has 1 rings (SSSR count). The van der Waals surface area contributed by atoms with Crippen molar-refractivity contribution < 1.29 is 34.4 Å². The summed E-state index contributed by atoms with van der Waals surface area (Å²) in [5.41, 5.74) is -1.78. The van der Waals surface area contributed by atoms with Gasteiger partial charge in [0.1, 0.15) is 18.3 Å². The zero-order valence-corrected chi connectivity index (χ0v) is 19.1. The van der Waals surface area contributed by atoms with E-state index >= 15 is 0 Å². The Labute approximate surface area is 190 Å². The Kier molecular flexibility index (Phi) is 11.9. The first-order valence-corrected chi connectivity index (χ1v) is 10.9. The van der Waals surface area contributed by atoms with E-state index in [9.17, 15) is 24.9 Å². The molecule has 0 radical (unpaired) electrons. The Morgan fingerprint density at radius 1 is 1.50 bits per heavy atom. The van der Waals surface area contributed by atoms with E-state index in [0.717, 1.165) is 6.42 Å². The van der Waals surface area contributed by atoms with Crippen LogP contribution in [0.3, 0.4) is 0 Å². The van der Waals surface area contributed by atoms with Gasteiger partial charge in [0, 0.05) is 25.0 Å². The summed E-state index contributed by atoms with van der Waals surface area (Å²) in [7, 11) is 0. The highest BCUT2D eigenvalue weighted by molar-refractivity contribution is 14.1. The molecule has 0 aromatic rings. The zero-order chi connectivity index (χ0) is 22.6. The topological polar surface area (TPSA) is 125 Å². The maximum Gasteiger partial charge on any atom is 0.407 e. The highest BCUT2D eigenvalue weighted by atomic mass is 127. The summed E-state index contributed by atoms with van der Waals surface area (Å²) in [5, 5.41) is 34.1. The summed E-state index contributed by atoms with van der Waals surface area (Å²) >= 11 is 1.94. The molecule has 1 amide bonds. The highest BCUT2D eigenvalue weighted by Gasteiger charge is 2.35. The van der Waals surface area contributed by atoms with Crippen LogP contribution in [0.25, 0.3) is 0 Å². The van der Waals surface area contributed by atoms with Crippen molar-refractivity contribution >= 4 is 34.7 Å². The van der Waals surface area contributed by atoms with E-state index in [-0.39, 0.29) is 31.9 Å². The predicted molar refractivity (Wildman–Crippen MR) is 121 cm³/mol. The molecule has 168 valence electrons. The highest BCUT2D eigenvalue weighted by Crippen LogP contribution is 2.25. The lowest BCUT2D eigenvalue weighted by atomic mass is 9.87. The standard InChI is InChI=1S/C21H30INO7/c1-3-13-29-20(27)23-12-10-21(28,18(25)14-16(24)8-11-22)9-7-17-15(4-2)5-6-19(26)30-17/h3,5-9,11,15-18,24-25,28H,1,4,10,12-14H2,2H3,(H,23,27)/b9-7+,11-8-/t15-,16-,17-,18+,21-/m0/s1. The molecule has 0 fully saturated rings. The number of rotatable bonds is 12. The zero-order valence-electron chi connectivity index (χ0n) is 16.9. The summed E-state index contributed by atoms with van der Waals surface area (Å²) in [4.78, 5) is 23.2. The van der Waals surface area contributed by atoms with Crippen molar-refractivity contribution in [3.8, 4) is 0 Å². The molecule has 0 saturated heterocycles. The van der Waals surface area contributed by atoms with Crippen molar-refractivity contribution in [2.45, 2.75) is 50.1 Å². The number of hydrogen-bond donors (Lipinski definition) is 4. The molecule has 9 heteroatoms. The van der Waals surface area contributed by atoms with Gasteiger partial charge in [-0.3, -0.25) is 0 Å². The van der Waals surface area contributed by atoms with Gasteiger partial charge in [-0.15, -0.1) is 0 Å². The molecule has 0 saturated carbocycles. The van der Waals surface area contributed by atoms with Crippen LogP contribution >= 0.6 is 22.6 Å². The molecular weight excluding hydrogens is 505 g/mol. The average Bonchev–Trinajstić information content (AvgIpc) is 2.71. The summed E-state index contributed by atoms with van der Waals surface area (Å²) in [5.74, 6) is -0.535. The molecule has 5 atom stereocenters. The van der Waals surface area contributed by atoms with Gasteiger partial charge in [0.25, 0.3) is 0 Å². The maximum atomic E-state index is 11.6. The molecule has 0 bridgehead atoms. The molecular formula is C21H30INO7. The summed E-state index contributed by atoms with van der Waals surface area (Å²) < 4.78 is 11.7. The normalized spacial score (nSPS) is 23.0. The van der Waals surface area contributed by atoms with E-state index in [1.165, 1.54) is 30.4 Å². The van der Waals surface area contributed by atoms with E-state index in [2.05, 4.69) is 11.9 Å². The van der Waals surface area contributed by atoms with Crippen LogP contribution in [0.2, 0.25) is 0 Å². The lowest BCUT2D eigenvalue weighted by Gasteiger charge is -2.32. The molecule has 0 spiro atoms. The lowest BCUT2D eigenvalue weighted by Crippen LogP contribution is -2.45. The Balaban J connectivity index is 2.92. The molecule has 1 aliphatic heterocycles. The van der Waals surface area contributed by atoms with Gasteiger partial charge in [0.05, 0.1) is 12.2 Å². The number of carbonyl (C=O) groups excluding carboxylic acids is 2. The van der Waals surface area contributed by atoms with Crippen LogP contribution in [-0.2, 0) is 14.3 Å². The summed E-state index contributed by atoms with van der Waals surface area (Å²) in [6.07, 6.45) is 5.92. The Morgan fingerprint density at radius 2 is 2.23 bits per heavy atom. The third-order valence-corrected chi connectivity index (χ3v) is 5.08. The van der Waals surface area contributed by atoms with Crippen LogP contribution in [0.1, 0.15) is 26.2 Å². The number of halogens is 1. The first-order chi connectivity index (χ1) is 14.3. The first-order valence-electron chi connectivity index (χ1n) is 9.70. The number of carbonyl (C=O) groups is 2. The van der Waals surface area contributed by atoms with Gasteiger partial charge in [-0.05, 0) is 23.0 Å². The van der Waals surface area contributed by atoms with Gasteiger partial charge in [0.2, 0.25) is 0 Å². The molecule has 0 aliphatic carbocycles. The van der Waals surface area contributed by atoms with Crippen LogP contribution in [0.15, 0.2) is 47.1 Å². The second-order valence-electron chi connectivity index (χ2n) is 6.88. The van der Waals surface area contributed by atoms with Crippen LogP contribution < -0.4 is 5.32 Å². The lowest BCUT2D eigenvalue weighted by molar-refractivity contribution is -0.143. The fourth-order valence-electron chi connectivity index (χ4n) is 2.89. The van der Waals surface area contributed by atoms with Crippen LogP contribution in [0.4, 0.5) is 4.79 Å². The van der Waals surface area contributed by atoms with E-state index < -0.39 is 36.0 Å². The number of hydrogen-bond acceptors (Lipinski definition) is 7. The van der Waals surface area contributed by atoms with Crippen molar-refractivity contribution in [1.82, 2.24) is 5.32 Å². The second kappa shape index (κ2) is 13.6. The fraction of sp³-hybridized carbons (Fsp3) is 0.524. The smallest absolute Gasteiger partial charge is 0.407 e. The Morgan fingerprint density at radius 3 is 2.87 bits per heavy atom. The third-order valence-electron chi connectivity index (χ3n) is 4.66. The molecule has 30 heavy (non-hydrogen) atoms. The fourth-order valence-corrected chi connectivity index (χ4v) is 3.37. The summed E-state index contributed by atoms with van der Waals surface area (Å²) in [6.45, 7) is 5.45. The van der Waals surface area contributed by atoms with Crippen molar-refractivity contribution in [3.05, 3.63) is 47.1 Å². The maximum absolute atomic E-state index is 11.6. The predicted octanol–water partition coefficient (Wildman–Crippen LogP) is 2.14. The molecule has 8 nitrogen and oxygen atoms in total. The molecule has 1 aliphatic rings. The third kappa shape index (κ3) is 8.99. The largest absolute Gasteiger partial charge is 0.454 e. The first kappa shape index (κ1) is 26.3. The average molecular weight is 535 g/mol. The van der Waals surface area contributed by atoms with E-state index in [1.54, 1.807) is 10.2 Å². The van der Waals surface area contributed by atoms with Gasteiger partial charge in [-0.25, -0.2) is 9.59 Å². The van der Waals surface area contributed by atoms with Gasteiger partial charge < -0.3 is 30.1 Å². The van der Waals surface area contributed by atoms with E-state index in [0.29, 0.717) is 0 Å². The van der Waals surface area contributed by atoms with Crippen LogP contribution in [0.5, 0.6) is 0 Å². The molecule has 4 N–H and O–H groups in total. The SMILES string of the molecule is C=CCOC(=O)NCC[C@@](O)(/C=C/[C@@H]1OC(=O)C=C[C@@H]1CC)[C@H](O)C[C@@H](O)/C=C\I. The number of alkyl carbamates (subject to hydrolysis) is 1. The van der Waals surface area contributed by atoms with Crippen molar-refractivity contribution in [2.75, 3.05) is 13.2 Å². The number of nitrogens with one attached hydrogen (secondary N) is 1. The molecule has 0 unspecified atom stereocenters. The monoisotopic (exact) mass is 535 g/mol. The Hall–Kier alpha value is -1.69. The minimum atomic E-state index is -1.78. The number of esters is 1. The summed E-state index contributed by atoms with van der Waals surface area (Å²) in [6, 6.07) is 0. The van der Waals surface area contributed by atoms with E-state index in [4.69, 9.17) is 9.47 Å². The van der Waals surface area contributed by atoms with Gasteiger partial charge in [0.15, 0.2) is 0 Å². The number of cyclic esters (lactones) is 1. The number of ether oxygens (including phenoxy) is 2. The quantitative estimate of drug-likeness (QED) is 0.172. The number of aliphatic hydroxyl groups excluding tert-OH is 2. The van der Waals surface area contributed by atoms with Gasteiger partial charge in [-0.2, -0.15) is 0 Å². The number of amides is 1.